The van der Waals surface area contributed by atoms with Crippen molar-refractivity contribution in [1.82, 2.24) is 29.1 Å². The number of aryl methyl sites for hydroxylation is 1. The van der Waals surface area contributed by atoms with Crippen molar-refractivity contribution in [3.05, 3.63) is 320 Å². The fraction of sp³-hybridized carbons (Fsp3) is 0.0241. The first-order valence-electron chi connectivity index (χ1n) is 30.6. The first-order valence-corrected chi connectivity index (χ1v) is 30.6. The SMILES string of the molecule is [C-]#[N+]c1c(-n2c3cc(-c4cccnc4-c4ccccc4)ccc3c3ccc(-c4cccnc4-c4ccccc4)cc32)ccc(-c2c(C)cccc2C(F)(F)F)c1-n1c2cc(-c3cccnc3-c3ccccc3)ccc2c2ccc(-c3cccnc3-c3ccccc3)cc21. The number of rotatable bonds is 11. The predicted octanol–water partition coefficient (Wildman–Crippen LogP) is 22.3. The number of benzene rings is 10. The topological polar surface area (TPSA) is 65.8 Å². The van der Waals surface area contributed by atoms with Crippen LogP contribution in [0.1, 0.15) is 11.1 Å². The van der Waals surface area contributed by atoms with Crippen molar-refractivity contribution in [2.75, 3.05) is 0 Å². The summed E-state index contributed by atoms with van der Waals surface area (Å²) < 4.78 is 52.5. The van der Waals surface area contributed by atoms with E-state index in [1.807, 2.05) is 168 Å². The van der Waals surface area contributed by atoms with Gasteiger partial charge < -0.3 is 9.13 Å². The zero-order valence-electron chi connectivity index (χ0n) is 50.1. The number of nitrogens with zero attached hydrogens (tertiary/aromatic N) is 7. The van der Waals surface area contributed by atoms with E-state index >= 15 is 13.2 Å². The molecule has 0 atom stereocenters. The Morgan fingerprint density at radius 1 is 0.333 bits per heavy atom. The van der Waals surface area contributed by atoms with E-state index in [0.29, 0.717) is 22.3 Å². The lowest BCUT2D eigenvalue weighted by Crippen LogP contribution is -2.10. The van der Waals surface area contributed by atoms with Crippen LogP contribution >= 0.6 is 0 Å². The Balaban J connectivity index is 1.05. The molecule has 0 saturated heterocycles. The van der Waals surface area contributed by atoms with Gasteiger partial charge in [0.1, 0.15) is 0 Å². The van der Waals surface area contributed by atoms with E-state index in [2.05, 4.69) is 94.3 Å². The van der Waals surface area contributed by atoms with Crippen LogP contribution in [0.15, 0.2) is 298 Å². The van der Waals surface area contributed by atoms with Gasteiger partial charge in [0.25, 0.3) is 0 Å². The Kier molecular flexibility index (Phi) is 13.8. The number of hydrogen-bond acceptors (Lipinski definition) is 4. The average Bonchev–Trinajstić information content (AvgIpc) is 1.59. The lowest BCUT2D eigenvalue weighted by Gasteiger charge is -2.23. The van der Waals surface area contributed by atoms with Crippen LogP contribution in [0.5, 0.6) is 0 Å². The molecule has 0 aliphatic carbocycles. The number of fused-ring (bicyclic) bond motifs is 6. The molecule has 0 aliphatic heterocycles. The van der Waals surface area contributed by atoms with E-state index in [-0.39, 0.29) is 22.5 Å². The van der Waals surface area contributed by atoms with Gasteiger partial charge in [0.05, 0.1) is 68.4 Å². The summed E-state index contributed by atoms with van der Waals surface area (Å²) in [4.78, 5) is 24.4. The number of hydrogen-bond donors (Lipinski definition) is 0. The molecule has 6 heterocycles. The third-order valence-electron chi connectivity index (χ3n) is 17.8. The summed E-state index contributed by atoms with van der Waals surface area (Å²) in [7, 11) is 0. The Bertz CT molecular complexity index is 5350. The van der Waals surface area contributed by atoms with Gasteiger partial charge in [-0.1, -0.05) is 212 Å². The molecule has 7 nitrogen and oxygen atoms in total. The molecule has 0 aliphatic rings. The summed E-state index contributed by atoms with van der Waals surface area (Å²) in [6.07, 6.45) is 2.38. The maximum atomic E-state index is 16.1. The van der Waals surface area contributed by atoms with Crippen LogP contribution < -0.4 is 0 Å². The molecule has 0 radical (unpaired) electrons. The van der Waals surface area contributed by atoms with Crippen molar-refractivity contribution >= 4 is 49.3 Å². The fourth-order valence-corrected chi connectivity index (χ4v) is 13.6. The van der Waals surface area contributed by atoms with Gasteiger partial charge in [-0.15, -0.1) is 0 Å². The standard InChI is InChI=1S/C83H52F3N7/c1-52-20-15-33-70(83(84,85)86)76(52)69-42-43-71(92-72-48-57(61-29-16-44-88-77(61)53-21-7-3-8-22-53)34-38-65(72)66-39-35-58(49-73(66)92)62-30-17-45-89-78(62)54-23-9-4-10-24-54)81(87-2)82(69)93-74-50-59(63-31-18-46-90-79(63)55-25-11-5-12-26-55)36-40-67(74)68-41-37-60(51-75(68)93)64-32-19-47-91-80(64)56-27-13-6-14-28-56/h3-51H,1H3. The lowest BCUT2D eigenvalue weighted by atomic mass is 9.92. The van der Waals surface area contributed by atoms with Crippen LogP contribution in [0.3, 0.4) is 0 Å². The van der Waals surface area contributed by atoms with E-state index in [1.54, 1.807) is 43.8 Å². The van der Waals surface area contributed by atoms with Gasteiger partial charge in [-0.3, -0.25) is 19.9 Å². The van der Waals surface area contributed by atoms with Gasteiger partial charge in [-0.05, 0) is 107 Å². The highest BCUT2D eigenvalue weighted by molar-refractivity contribution is 6.15. The average molecular weight is 1200 g/mol. The van der Waals surface area contributed by atoms with E-state index in [4.69, 9.17) is 19.9 Å². The first-order chi connectivity index (χ1) is 45.7. The third kappa shape index (κ3) is 9.70. The van der Waals surface area contributed by atoms with Gasteiger partial charge in [0.15, 0.2) is 0 Å². The smallest absolute Gasteiger partial charge is 0.319 e. The Morgan fingerprint density at radius 3 is 1.01 bits per heavy atom. The summed E-state index contributed by atoms with van der Waals surface area (Å²) >= 11 is 0. The highest BCUT2D eigenvalue weighted by Gasteiger charge is 2.36. The zero-order valence-corrected chi connectivity index (χ0v) is 50.1. The molecule has 6 aromatic heterocycles. The molecular formula is C83H52F3N7. The normalized spacial score (nSPS) is 11.6. The summed E-state index contributed by atoms with van der Waals surface area (Å²) in [6.45, 7) is 11.5. The number of alkyl halides is 3. The quantitative estimate of drug-likeness (QED) is 0.121. The van der Waals surface area contributed by atoms with Gasteiger partial charge in [0.2, 0.25) is 5.69 Å². The second-order valence-electron chi connectivity index (χ2n) is 23.1. The minimum Gasteiger partial charge on any atom is -0.319 e. The maximum absolute atomic E-state index is 16.1. The molecule has 0 unspecified atom stereocenters. The van der Waals surface area contributed by atoms with Crippen molar-refractivity contribution in [1.29, 1.82) is 0 Å². The van der Waals surface area contributed by atoms with E-state index in [1.165, 1.54) is 6.07 Å². The van der Waals surface area contributed by atoms with Crippen LogP contribution in [0.25, 0.3) is 160 Å². The van der Waals surface area contributed by atoms with Crippen molar-refractivity contribution < 1.29 is 13.2 Å². The summed E-state index contributed by atoms with van der Waals surface area (Å²) in [5, 5.41) is 3.47. The molecule has 16 aromatic rings. The molecule has 0 spiro atoms. The molecule has 0 amide bonds. The third-order valence-corrected chi connectivity index (χ3v) is 17.8. The molecule has 16 rings (SSSR count). The van der Waals surface area contributed by atoms with Gasteiger partial charge in [0, 0.05) is 90.8 Å². The van der Waals surface area contributed by atoms with Crippen LogP contribution in [0.2, 0.25) is 0 Å². The highest BCUT2D eigenvalue weighted by atomic mass is 19.4. The van der Waals surface area contributed by atoms with E-state index in [0.717, 1.165) is 128 Å². The molecule has 440 valence electrons. The number of pyridine rings is 4. The van der Waals surface area contributed by atoms with Gasteiger partial charge in [-0.2, -0.15) is 13.2 Å². The monoisotopic (exact) mass is 1200 g/mol. The highest BCUT2D eigenvalue weighted by Crippen LogP contribution is 2.51. The van der Waals surface area contributed by atoms with Crippen LogP contribution in [0, 0.1) is 13.5 Å². The van der Waals surface area contributed by atoms with Crippen LogP contribution in [-0.4, -0.2) is 29.1 Å². The second kappa shape index (κ2) is 22.9. The summed E-state index contributed by atoms with van der Waals surface area (Å²) in [6, 6.07) is 89.3. The largest absolute Gasteiger partial charge is 0.417 e. The summed E-state index contributed by atoms with van der Waals surface area (Å²) in [5.74, 6) is 0. The van der Waals surface area contributed by atoms with E-state index < -0.39 is 11.7 Å². The van der Waals surface area contributed by atoms with Crippen molar-refractivity contribution in [3.8, 4) is 112 Å². The van der Waals surface area contributed by atoms with E-state index in [9.17, 15) is 6.57 Å². The Labute approximate surface area is 534 Å². The molecule has 93 heavy (non-hydrogen) atoms. The predicted molar refractivity (Wildman–Crippen MR) is 371 cm³/mol. The molecule has 10 heteroatoms. The minimum absolute atomic E-state index is 0.0298. The Morgan fingerprint density at radius 2 is 0.677 bits per heavy atom. The van der Waals surface area contributed by atoms with Crippen molar-refractivity contribution in [2.45, 2.75) is 13.1 Å². The minimum atomic E-state index is -4.78. The van der Waals surface area contributed by atoms with Gasteiger partial charge in [-0.25, -0.2) is 4.85 Å². The lowest BCUT2D eigenvalue weighted by molar-refractivity contribution is -0.137. The number of aromatic nitrogens is 6. The maximum Gasteiger partial charge on any atom is 0.417 e. The fourth-order valence-electron chi connectivity index (χ4n) is 13.6. The van der Waals surface area contributed by atoms with Gasteiger partial charge >= 0.3 is 6.18 Å². The molecule has 0 fully saturated rings. The molecule has 0 N–H and O–H groups in total. The molecular weight excluding hydrogens is 1150 g/mol. The van der Waals surface area contributed by atoms with Crippen molar-refractivity contribution in [3.63, 3.8) is 0 Å². The van der Waals surface area contributed by atoms with Crippen LogP contribution in [0.4, 0.5) is 18.9 Å². The molecule has 0 bridgehead atoms. The first kappa shape index (κ1) is 56.0. The Hall–Kier alpha value is -12.3. The molecule has 0 saturated carbocycles. The van der Waals surface area contributed by atoms with Crippen molar-refractivity contribution in [2.24, 2.45) is 0 Å². The molecule has 10 aromatic carbocycles. The second-order valence-corrected chi connectivity index (χ2v) is 23.1. The number of halogens is 3. The van der Waals surface area contributed by atoms with Crippen LogP contribution in [-0.2, 0) is 6.18 Å². The zero-order chi connectivity index (χ0) is 62.7. The summed E-state index contributed by atoms with van der Waals surface area (Å²) in [5.41, 5.74) is 17.3.